The van der Waals surface area contributed by atoms with Crippen LogP contribution in [0.4, 0.5) is 0 Å². The molecule has 0 aliphatic heterocycles. The van der Waals surface area contributed by atoms with E-state index in [0.717, 1.165) is 0 Å². The van der Waals surface area contributed by atoms with Crippen LogP contribution in [0, 0.1) is 40.4 Å². The van der Waals surface area contributed by atoms with Crippen molar-refractivity contribution in [3.8, 4) is 0 Å². The summed E-state index contributed by atoms with van der Waals surface area (Å²) in [5, 5.41) is 0. The second kappa shape index (κ2) is 9.11. The predicted molar refractivity (Wildman–Crippen MR) is 14.4 cm³/mol. The molecular weight excluding hydrogens is 188 g/mol. The van der Waals surface area contributed by atoms with Crippen molar-refractivity contribution in [2.75, 3.05) is 0 Å². The van der Waals surface area contributed by atoms with Gasteiger partial charge in [0, 0.05) is 40.4 Å². The van der Waals surface area contributed by atoms with Crippen LogP contribution in [-0.2, 0) is 0 Å². The molecule has 0 amide bonds. The van der Waals surface area contributed by atoms with Crippen LogP contribution in [0.25, 0.3) is 0 Å². The van der Waals surface area contributed by atoms with Gasteiger partial charge in [0.1, 0.15) is 0 Å². The van der Waals surface area contributed by atoms with Crippen LogP contribution in [0.15, 0.2) is 12.8 Å². The maximum absolute atomic E-state index is 4.61. The average molecular weight is 193 g/mol. The van der Waals surface area contributed by atoms with E-state index < -0.39 is 0 Å². The zero-order chi connectivity index (χ0) is 2.71. The van der Waals surface area contributed by atoms with Crippen molar-refractivity contribution in [1.29, 1.82) is 0 Å². The maximum Gasteiger partial charge on any atom is 0 e. The summed E-state index contributed by atoms with van der Waals surface area (Å²) in [6.45, 7) is 3.14. The molecule has 0 unspecified atom stereocenters. The van der Waals surface area contributed by atoms with Gasteiger partial charge in [-0.3, -0.25) is 0 Å². The van der Waals surface area contributed by atoms with Gasteiger partial charge in [0.2, 0.25) is 0 Å². The van der Waals surface area contributed by atoms with Gasteiger partial charge in [-0.2, -0.15) is 0 Å². The summed E-state index contributed by atoms with van der Waals surface area (Å²) in [4.78, 5) is 0. The van der Waals surface area contributed by atoms with Gasteiger partial charge < -0.3 is 5.73 Å². The molecule has 1 nitrogen and oxygen atoms in total. The Kier molecular flexibility index (Phi) is 20.2. The summed E-state index contributed by atoms with van der Waals surface area (Å²) >= 11 is 0. The zero-order valence-corrected chi connectivity index (χ0v) is 4.89. The van der Waals surface area contributed by atoms with Crippen LogP contribution in [0.1, 0.15) is 0 Å². The minimum Gasteiger partial charge on any atom is -0.405 e. The molecule has 0 heterocycles. The summed E-state index contributed by atoms with van der Waals surface area (Å²) in [6.07, 6.45) is 1.25. The first-order valence-corrected chi connectivity index (χ1v) is 0.742. The van der Waals surface area contributed by atoms with Gasteiger partial charge in [-0.15, -0.1) is 0 Å². The van der Waals surface area contributed by atoms with E-state index in [1.54, 1.807) is 0 Å². The third-order valence-corrected chi connectivity index (χ3v) is 0. The monoisotopic (exact) mass is 195 g/mol. The molecule has 4 heavy (non-hydrogen) atoms. The Morgan fingerprint density at radius 3 is 1.75 bits per heavy atom. The van der Waals surface area contributed by atoms with Crippen molar-refractivity contribution >= 4 is 0 Å². The Labute approximate surface area is 58.4 Å². The summed E-state index contributed by atoms with van der Waals surface area (Å²) < 4.78 is 0. The van der Waals surface area contributed by atoms with Crippen molar-refractivity contribution in [2.45, 2.75) is 0 Å². The number of rotatable bonds is 0. The Morgan fingerprint density at radius 1 is 1.75 bits per heavy atom. The molecular formula is C2H5NSm. The standard InChI is InChI=1S/C2H5N.Sm/c1-2-3;/h2H,1,3H2;. The van der Waals surface area contributed by atoms with E-state index in [0.29, 0.717) is 0 Å². The van der Waals surface area contributed by atoms with Crippen molar-refractivity contribution in [3.63, 3.8) is 0 Å². The van der Waals surface area contributed by atoms with E-state index in [1.165, 1.54) is 6.20 Å². The van der Waals surface area contributed by atoms with Crippen LogP contribution < -0.4 is 5.73 Å². The Bertz CT molecular complexity index is 13.5. The zero-order valence-electron chi connectivity index (χ0n) is 2.27. The molecule has 2 N–H and O–H groups in total. The van der Waals surface area contributed by atoms with E-state index in [9.17, 15) is 0 Å². The molecule has 0 rings (SSSR count). The van der Waals surface area contributed by atoms with Crippen LogP contribution in [0.2, 0.25) is 0 Å². The fraction of sp³-hybridized carbons (Fsp3) is 0. The predicted octanol–water partition coefficient (Wildman–Crippen LogP) is 0.0886. The third-order valence-electron chi connectivity index (χ3n) is 0. The Hall–Kier alpha value is 0.878. The molecule has 24 valence electrons. The minimum absolute atomic E-state index is 0. The molecule has 0 aromatic rings. The first-order valence-electron chi connectivity index (χ1n) is 0.742. The van der Waals surface area contributed by atoms with Crippen LogP contribution >= 0.6 is 0 Å². The summed E-state index contributed by atoms with van der Waals surface area (Å²) in [7, 11) is 0. The second-order valence-electron chi connectivity index (χ2n) is 0.236. The molecule has 2 heteroatoms. The second-order valence-corrected chi connectivity index (χ2v) is 0.236. The van der Waals surface area contributed by atoms with E-state index in [2.05, 4.69) is 12.3 Å². The van der Waals surface area contributed by atoms with Crippen molar-refractivity contribution in [3.05, 3.63) is 12.8 Å². The smallest absolute Gasteiger partial charge is 0 e. The molecule has 0 atom stereocenters. The number of hydrogen-bond acceptors (Lipinski definition) is 1. The molecule has 0 saturated heterocycles. The molecule has 0 aromatic carbocycles. The van der Waals surface area contributed by atoms with Gasteiger partial charge in [-0.05, 0) is 6.20 Å². The van der Waals surface area contributed by atoms with Gasteiger partial charge in [0.25, 0.3) is 0 Å². The minimum atomic E-state index is 0. The molecule has 0 radical (unpaired) electrons. The summed E-state index contributed by atoms with van der Waals surface area (Å²) in [6, 6.07) is 0. The van der Waals surface area contributed by atoms with Gasteiger partial charge in [-0.1, -0.05) is 6.58 Å². The van der Waals surface area contributed by atoms with Gasteiger partial charge >= 0.3 is 0 Å². The van der Waals surface area contributed by atoms with E-state index in [4.69, 9.17) is 0 Å². The van der Waals surface area contributed by atoms with E-state index in [-0.39, 0.29) is 40.4 Å². The normalized spacial score (nSPS) is 3.00. The first-order chi connectivity index (χ1) is 1.41. The molecule has 0 aromatic heterocycles. The quantitative estimate of drug-likeness (QED) is 0.580. The van der Waals surface area contributed by atoms with Crippen molar-refractivity contribution in [2.24, 2.45) is 5.73 Å². The molecule has 0 bridgehead atoms. The molecule has 0 aliphatic carbocycles. The van der Waals surface area contributed by atoms with Gasteiger partial charge in [0.05, 0.1) is 0 Å². The number of nitrogens with two attached hydrogens (primary N) is 1. The Balaban J connectivity index is 0. The molecule has 0 spiro atoms. The molecule has 0 saturated carbocycles. The Morgan fingerprint density at radius 2 is 1.75 bits per heavy atom. The van der Waals surface area contributed by atoms with E-state index in [1.807, 2.05) is 0 Å². The largest absolute Gasteiger partial charge is 0.405 e. The molecule has 0 aliphatic rings. The number of hydrogen-bond donors (Lipinski definition) is 1. The summed E-state index contributed by atoms with van der Waals surface area (Å²) in [5.74, 6) is 0. The van der Waals surface area contributed by atoms with Crippen molar-refractivity contribution in [1.82, 2.24) is 0 Å². The van der Waals surface area contributed by atoms with Crippen LogP contribution in [0.3, 0.4) is 0 Å². The van der Waals surface area contributed by atoms with Crippen LogP contribution in [-0.4, -0.2) is 0 Å². The van der Waals surface area contributed by atoms with Gasteiger partial charge in [0.15, 0.2) is 0 Å². The third kappa shape index (κ3) is 13.2. The van der Waals surface area contributed by atoms with Crippen LogP contribution in [0.5, 0.6) is 0 Å². The van der Waals surface area contributed by atoms with E-state index >= 15 is 0 Å². The van der Waals surface area contributed by atoms with Gasteiger partial charge in [-0.25, -0.2) is 0 Å². The topological polar surface area (TPSA) is 26.0 Å². The van der Waals surface area contributed by atoms with Crippen molar-refractivity contribution < 1.29 is 40.4 Å². The fourth-order valence-corrected chi connectivity index (χ4v) is 0. The maximum atomic E-state index is 4.61. The SMILES string of the molecule is C=CN.[Sm]. The first kappa shape index (κ1) is 8.86. The average Bonchev–Trinajstić information content (AvgIpc) is 0.918. The summed E-state index contributed by atoms with van der Waals surface area (Å²) in [5.41, 5.74) is 4.61. The fourth-order valence-electron chi connectivity index (χ4n) is 0. The molecule has 0 fully saturated rings.